The number of ether oxygens (including phenoxy) is 1. The lowest BCUT2D eigenvalue weighted by molar-refractivity contribution is -0.166. The lowest BCUT2D eigenvalue weighted by Gasteiger charge is -2.52. The van der Waals surface area contributed by atoms with Crippen molar-refractivity contribution in [3.05, 3.63) is 47.2 Å². The molecular formula is C19H19N7O6S2. The first kappa shape index (κ1) is 23.7. The SMILES string of the molecule is CC(Sc1nn[nH]n1)C1=C(C(=O)O)N2C(=O)C(N(N)C(=O)C(OC=O)c3ccccc3)[C@H]2SC1. The van der Waals surface area contributed by atoms with Crippen molar-refractivity contribution in [1.29, 1.82) is 0 Å². The number of aromatic amines is 1. The molecule has 0 bridgehead atoms. The van der Waals surface area contributed by atoms with E-state index in [1.807, 2.05) is 0 Å². The van der Waals surface area contributed by atoms with Crippen molar-refractivity contribution in [3.63, 3.8) is 0 Å². The Bertz CT molecular complexity index is 1130. The van der Waals surface area contributed by atoms with Crippen molar-refractivity contribution >= 4 is 47.8 Å². The van der Waals surface area contributed by atoms with Gasteiger partial charge in [0.25, 0.3) is 18.3 Å². The quantitative estimate of drug-likeness (QED) is 0.103. The van der Waals surface area contributed by atoms with Crippen molar-refractivity contribution in [3.8, 4) is 0 Å². The van der Waals surface area contributed by atoms with Gasteiger partial charge in [-0.05, 0) is 17.7 Å². The number of tetrazole rings is 1. The molecule has 2 aliphatic rings. The summed E-state index contributed by atoms with van der Waals surface area (Å²) in [4.78, 5) is 50.3. The number of carboxylic acids is 1. The second-order valence-electron chi connectivity index (χ2n) is 7.26. The maximum Gasteiger partial charge on any atom is 0.352 e. The Kier molecular flexibility index (Phi) is 6.85. The molecule has 15 heteroatoms. The largest absolute Gasteiger partial charge is 0.477 e. The first-order chi connectivity index (χ1) is 16.3. The fourth-order valence-electron chi connectivity index (χ4n) is 3.72. The number of fused-ring (bicyclic) bond motifs is 1. The highest BCUT2D eigenvalue weighted by molar-refractivity contribution is 8.01. The minimum absolute atomic E-state index is 0.133. The molecule has 3 unspecified atom stereocenters. The van der Waals surface area contributed by atoms with E-state index >= 15 is 0 Å². The van der Waals surface area contributed by atoms with Gasteiger partial charge in [-0.15, -0.1) is 22.0 Å². The number of hydrazine groups is 1. The zero-order chi connectivity index (χ0) is 24.4. The highest BCUT2D eigenvalue weighted by Gasteiger charge is 2.57. The van der Waals surface area contributed by atoms with E-state index in [4.69, 9.17) is 10.6 Å². The molecule has 1 fully saturated rings. The zero-order valence-electron chi connectivity index (χ0n) is 17.6. The van der Waals surface area contributed by atoms with Gasteiger partial charge in [-0.1, -0.05) is 42.1 Å². The summed E-state index contributed by atoms with van der Waals surface area (Å²) in [5.41, 5.74) is 0.741. The summed E-state index contributed by atoms with van der Waals surface area (Å²) in [6.45, 7) is 1.91. The lowest BCUT2D eigenvalue weighted by Crippen LogP contribution is -2.73. The van der Waals surface area contributed by atoms with Gasteiger partial charge >= 0.3 is 5.97 Å². The summed E-state index contributed by atoms with van der Waals surface area (Å²) in [7, 11) is 0. The standard InChI is InChI=1S/C19H19N7O6S2/c1-9(34-19-21-23-24-22-19)11-7-33-17-13(15(28)25(17)12(11)18(30)31)26(20)16(29)14(32-8-27)10-5-3-2-4-6-10/h2-6,8-9,13-14,17H,7,20H2,1H3,(H,30,31)(H,21,22,23,24)/t9?,13?,14?,17-/m1/s1. The summed E-state index contributed by atoms with van der Waals surface area (Å²) in [5.74, 6) is 3.60. The molecule has 1 aromatic heterocycles. The number of aliphatic carboxylic acids is 1. The Morgan fingerprint density at radius 3 is 2.76 bits per heavy atom. The molecule has 34 heavy (non-hydrogen) atoms. The van der Waals surface area contributed by atoms with E-state index < -0.39 is 35.3 Å². The van der Waals surface area contributed by atoms with Crippen molar-refractivity contribution in [2.45, 2.75) is 34.8 Å². The van der Waals surface area contributed by atoms with Crippen LogP contribution >= 0.6 is 23.5 Å². The van der Waals surface area contributed by atoms with Crippen molar-refractivity contribution in [2.75, 3.05) is 5.75 Å². The number of benzene rings is 1. The zero-order valence-corrected chi connectivity index (χ0v) is 19.2. The maximum atomic E-state index is 13.0. The first-order valence-electron chi connectivity index (χ1n) is 9.88. The predicted octanol–water partition coefficient (Wildman–Crippen LogP) is -0.0807. The van der Waals surface area contributed by atoms with Crippen molar-refractivity contribution in [2.24, 2.45) is 5.84 Å². The highest BCUT2D eigenvalue weighted by Crippen LogP contribution is 2.44. The highest BCUT2D eigenvalue weighted by atomic mass is 32.2. The number of thioether (sulfide) groups is 2. The number of aromatic nitrogens is 4. The van der Waals surface area contributed by atoms with Crippen LogP contribution in [0.5, 0.6) is 0 Å². The number of nitrogens with one attached hydrogen (secondary N) is 1. The number of nitrogens with two attached hydrogens (primary N) is 1. The van der Waals surface area contributed by atoms with Crippen molar-refractivity contribution < 1.29 is 29.0 Å². The number of H-pyrrole nitrogens is 1. The molecule has 2 aromatic rings. The molecule has 0 radical (unpaired) electrons. The van der Waals surface area contributed by atoms with E-state index in [1.165, 1.54) is 23.5 Å². The van der Waals surface area contributed by atoms with Gasteiger partial charge < -0.3 is 9.84 Å². The molecular weight excluding hydrogens is 486 g/mol. The van der Waals surface area contributed by atoms with Crippen LogP contribution in [-0.2, 0) is 23.9 Å². The third-order valence-corrected chi connectivity index (χ3v) is 7.65. The van der Waals surface area contributed by atoms with Crippen LogP contribution in [-0.4, -0.2) is 82.3 Å². The van der Waals surface area contributed by atoms with E-state index in [-0.39, 0.29) is 23.2 Å². The second kappa shape index (κ2) is 9.82. The molecule has 0 spiro atoms. The third kappa shape index (κ3) is 4.24. The number of rotatable bonds is 9. The van der Waals surface area contributed by atoms with E-state index in [0.717, 1.165) is 9.91 Å². The Labute approximate surface area is 201 Å². The normalized spacial score (nSPS) is 21.2. The van der Waals surface area contributed by atoms with Crippen molar-refractivity contribution in [1.82, 2.24) is 30.5 Å². The summed E-state index contributed by atoms with van der Waals surface area (Å²) in [6.07, 6.45) is -1.34. The maximum absolute atomic E-state index is 13.0. The molecule has 0 saturated carbocycles. The number of hydrogen-bond donors (Lipinski definition) is 3. The fourth-order valence-corrected chi connectivity index (χ4v) is 6.19. The van der Waals surface area contributed by atoms with E-state index in [9.17, 15) is 24.3 Å². The number of carbonyl (C=O) groups is 4. The molecule has 4 N–H and O–H groups in total. The summed E-state index contributed by atoms with van der Waals surface area (Å²) >= 11 is 2.48. The molecule has 3 heterocycles. The summed E-state index contributed by atoms with van der Waals surface area (Å²) in [5, 5.41) is 23.4. The van der Waals surface area contributed by atoms with E-state index in [1.54, 1.807) is 37.3 Å². The number of carboxylic acid groups (broad SMARTS) is 1. The molecule has 2 aliphatic heterocycles. The van der Waals surface area contributed by atoms with Gasteiger partial charge in [0.1, 0.15) is 11.1 Å². The van der Waals surface area contributed by atoms with Gasteiger partial charge in [-0.2, -0.15) is 5.21 Å². The lowest BCUT2D eigenvalue weighted by atomic mass is 10.00. The van der Waals surface area contributed by atoms with Crippen LogP contribution in [0.2, 0.25) is 0 Å². The van der Waals surface area contributed by atoms with Crippen LogP contribution in [0.25, 0.3) is 0 Å². The Hall–Kier alpha value is -3.43. The number of β-lactam (4-membered cyclic amide) rings is 1. The van der Waals surface area contributed by atoms with Gasteiger partial charge in [0.05, 0.1) is 0 Å². The third-order valence-electron chi connectivity index (χ3n) is 5.34. The Morgan fingerprint density at radius 2 is 2.15 bits per heavy atom. The number of amides is 2. The molecule has 1 aromatic carbocycles. The predicted molar refractivity (Wildman–Crippen MR) is 118 cm³/mol. The second-order valence-corrected chi connectivity index (χ2v) is 9.67. The van der Waals surface area contributed by atoms with Crippen LogP contribution in [0, 0.1) is 0 Å². The first-order valence-corrected chi connectivity index (χ1v) is 11.8. The number of carbonyl (C=O) groups excluding carboxylic acids is 3. The number of nitrogens with zero attached hydrogens (tertiary/aromatic N) is 5. The van der Waals surface area contributed by atoms with Gasteiger partial charge in [0.2, 0.25) is 11.3 Å². The molecule has 13 nitrogen and oxygen atoms in total. The topological polar surface area (TPSA) is 185 Å². The smallest absolute Gasteiger partial charge is 0.352 e. The fraction of sp³-hybridized carbons (Fsp3) is 0.316. The van der Waals surface area contributed by atoms with Crippen LogP contribution in [0.4, 0.5) is 0 Å². The van der Waals surface area contributed by atoms with Gasteiger partial charge in [-0.25, -0.2) is 10.6 Å². The van der Waals surface area contributed by atoms with Crippen LogP contribution in [0.1, 0.15) is 18.6 Å². The average molecular weight is 506 g/mol. The molecule has 0 aliphatic carbocycles. The Balaban J connectivity index is 1.56. The van der Waals surface area contributed by atoms with Gasteiger partial charge in [0, 0.05) is 16.6 Å². The molecule has 1 saturated heterocycles. The average Bonchev–Trinajstić information content (AvgIpc) is 3.34. The van der Waals surface area contributed by atoms with Gasteiger partial charge in [0.15, 0.2) is 6.04 Å². The Morgan fingerprint density at radius 1 is 1.41 bits per heavy atom. The number of hydrogen-bond acceptors (Lipinski definition) is 11. The molecule has 4 atom stereocenters. The van der Waals surface area contributed by atoms with Crippen LogP contribution in [0.3, 0.4) is 0 Å². The van der Waals surface area contributed by atoms with E-state index in [0.29, 0.717) is 16.3 Å². The van der Waals surface area contributed by atoms with Crippen LogP contribution in [0.15, 0.2) is 46.8 Å². The summed E-state index contributed by atoms with van der Waals surface area (Å²) in [6, 6.07) is 7.12. The monoisotopic (exact) mass is 505 g/mol. The summed E-state index contributed by atoms with van der Waals surface area (Å²) < 4.78 is 4.95. The molecule has 178 valence electrons. The van der Waals surface area contributed by atoms with Gasteiger partial charge in [-0.3, -0.25) is 24.3 Å². The minimum atomic E-state index is -1.34. The minimum Gasteiger partial charge on any atom is -0.477 e. The molecule has 4 rings (SSSR count). The van der Waals surface area contributed by atoms with E-state index in [2.05, 4.69) is 20.6 Å². The molecule has 2 amide bonds. The van der Waals surface area contributed by atoms with Crippen LogP contribution < -0.4 is 5.84 Å².